The number of aryl methyl sites for hydroxylation is 2. The van der Waals surface area contributed by atoms with Crippen LogP contribution in [0.5, 0.6) is 0 Å². The number of hydrogen-bond donors (Lipinski definition) is 1. The highest BCUT2D eigenvalue weighted by molar-refractivity contribution is 5.30. The van der Waals surface area contributed by atoms with Crippen LogP contribution in [0.25, 0.3) is 0 Å². The molecule has 2 atom stereocenters. The second-order valence-corrected chi connectivity index (χ2v) is 4.88. The number of nitrogens with one attached hydrogen (secondary N) is 1. The summed E-state index contributed by atoms with van der Waals surface area (Å²) < 4.78 is 5.91. The van der Waals surface area contributed by atoms with Crippen molar-refractivity contribution in [3.8, 4) is 0 Å². The van der Waals surface area contributed by atoms with Crippen molar-refractivity contribution in [2.45, 2.75) is 39.3 Å². The Labute approximate surface area is 98.0 Å². The third-order valence-corrected chi connectivity index (χ3v) is 3.14. The Morgan fingerprint density at radius 2 is 1.88 bits per heavy atom. The first-order valence-corrected chi connectivity index (χ1v) is 6.08. The Morgan fingerprint density at radius 3 is 2.56 bits per heavy atom. The first kappa shape index (κ1) is 11.6. The van der Waals surface area contributed by atoms with Gasteiger partial charge in [0, 0.05) is 19.2 Å². The van der Waals surface area contributed by atoms with E-state index >= 15 is 0 Å². The summed E-state index contributed by atoms with van der Waals surface area (Å²) in [6, 6.07) is 7.23. The van der Waals surface area contributed by atoms with Crippen LogP contribution in [-0.4, -0.2) is 19.2 Å². The minimum Gasteiger partial charge on any atom is -0.372 e. The van der Waals surface area contributed by atoms with Gasteiger partial charge in [0.05, 0.1) is 6.10 Å². The molecule has 0 amide bonds. The van der Waals surface area contributed by atoms with E-state index in [-0.39, 0.29) is 6.10 Å². The molecule has 0 aliphatic carbocycles. The molecule has 1 aromatic carbocycles. The zero-order valence-electron chi connectivity index (χ0n) is 10.4. The largest absolute Gasteiger partial charge is 0.372 e. The minimum absolute atomic E-state index is 0.212. The molecule has 0 aromatic heterocycles. The minimum atomic E-state index is 0.212. The van der Waals surface area contributed by atoms with E-state index in [1.54, 1.807) is 0 Å². The molecule has 1 saturated heterocycles. The number of benzene rings is 1. The highest BCUT2D eigenvalue weighted by Crippen LogP contribution is 2.22. The van der Waals surface area contributed by atoms with Crippen LogP contribution >= 0.6 is 0 Å². The Morgan fingerprint density at radius 1 is 1.19 bits per heavy atom. The van der Waals surface area contributed by atoms with Crippen molar-refractivity contribution in [2.24, 2.45) is 0 Å². The first-order valence-electron chi connectivity index (χ1n) is 6.08. The Bertz CT molecular complexity index is 342. The average molecular weight is 219 g/mol. The maximum atomic E-state index is 5.91. The molecular formula is C14H21NO. The summed E-state index contributed by atoms with van der Waals surface area (Å²) in [5, 5.41) is 3.51. The topological polar surface area (TPSA) is 21.3 Å². The predicted octanol–water partition coefficient (Wildman–Crippen LogP) is 2.74. The van der Waals surface area contributed by atoms with E-state index in [4.69, 9.17) is 4.74 Å². The maximum absolute atomic E-state index is 5.91. The van der Waals surface area contributed by atoms with Gasteiger partial charge in [-0.1, -0.05) is 29.3 Å². The molecule has 2 nitrogen and oxygen atoms in total. The average Bonchev–Trinajstić information content (AvgIpc) is 2.41. The lowest BCUT2D eigenvalue weighted by atomic mass is 10.0. The van der Waals surface area contributed by atoms with Crippen molar-refractivity contribution in [1.82, 2.24) is 5.32 Å². The summed E-state index contributed by atoms with van der Waals surface area (Å²) in [4.78, 5) is 0. The van der Waals surface area contributed by atoms with Gasteiger partial charge in [0.2, 0.25) is 0 Å². The van der Waals surface area contributed by atoms with Gasteiger partial charge in [-0.2, -0.15) is 0 Å². The van der Waals surface area contributed by atoms with Crippen molar-refractivity contribution >= 4 is 0 Å². The fourth-order valence-electron chi connectivity index (χ4n) is 2.27. The SMILES string of the molecule is Cc1cc(C)cc(C2CNC(C)CCO2)c1. The van der Waals surface area contributed by atoms with E-state index in [1.807, 2.05) is 0 Å². The van der Waals surface area contributed by atoms with Crippen molar-refractivity contribution in [3.05, 3.63) is 34.9 Å². The molecule has 2 rings (SSSR count). The summed E-state index contributed by atoms with van der Waals surface area (Å²) in [5.41, 5.74) is 3.94. The standard InChI is InChI=1S/C14H21NO/c1-10-6-11(2)8-13(7-10)14-9-15-12(3)4-5-16-14/h6-8,12,14-15H,4-5,9H2,1-3H3. The maximum Gasteiger partial charge on any atom is 0.0949 e. The van der Waals surface area contributed by atoms with Crippen LogP contribution in [0.15, 0.2) is 18.2 Å². The number of ether oxygens (including phenoxy) is 1. The normalized spacial score (nSPS) is 26.4. The lowest BCUT2D eigenvalue weighted by Crippen LogP contribution is -2.27. The van der Waals surface area contributed by atoms with Crippen LogP contribution in [-0.2, 0) is 4.74 Å². The number of rotatable bonds is 1. The lowest BCUT2D eigenvalue weighted by Gasteiger charge is -2.17. The molecule has 1 aromatic rings. The highest BCUT2D eigenvalue weighted by Gasteiger charge is 2.17. The van der Waals surface area contributed by atoms with Crippen molar-refractivity contribution in [2.75, 3.05) is 13.2 Å². The molecule has 1 aliphatic rings. The van der Waals surface area contributed by atoms with Crippen molar-refractivity contribution in [3.63, 3.8) is 0 Å². The molecule has 88 valence electrons. The summed E-state index contributed by atoms with van der Waals surface area (Å²) in [5.74, 6) is 0. The molecule has 1 heterocycles. The third-order valence-electron chi connectivity index (χ3n) is 3.14. The van der Waals surface area contributed by atoms with Crippen molar-refractivity contribution in [1.29, 1.82) is 0 Å². The Kier molecular flexibility index (Phi) is 3.62. The van der Waals surface area contributed by atoms with Gasteiger partial charge in [0.15, 0.2) is 0 Å². The van der Waals surface area contributed by atoms with E-state index in [2.05, 4.69) is 44.3 Å². The lowest BCUT2D eigenvalue weighted by molar-refractivity contribution is 0.0664. The van der Waals surface area contributed by atoms with Crippen LogP contribution in [0.1, 0.15) is 36.1 Å². The molecule has 0 radical (unpaired) electrons. The third kappa shape index (κ3) is 2.83. The van der Waals surface area contributed by atoms with Gasteiger partial charge in [-0.25, -0.2) is 0 Å². The summed E-state index contributed by atoms with van der Waals surface area (Å²) in [6.07, 6.45) is 1.31. The molecule has 0 saturated carbocycles. The molecule has 2 unspecified atom stereocenters. The van der Waals surface area contributed by atoms with Gasteiger partial charge in [-0.15, -0.1) is 0 Å². The summed E-state index contributed by atoms with van der Waals surface area (Å²) in [6.45, 7) is 8.27. The van der Waals surface area contributed by atoms with Crippen molar-refractivity contribution < 1.29 is 4.74 Å². The highest BCUT2D eigenvalue weighted by atomic mass is 16.5. The fourth-order valence-corrected chi connectivity index (χ4v) is 2.27. The van der Waals surface area contributed by atoms with Gasteiger partial charge >= 0.3 is 0 Å². The molecule has 1 N–H and O–H groups in total. The van der Waals surface area contributed by atoms with Crippen LogP contribution in [0.4, 0.5) is 0 Å². The second-order valence-electron chi connectivity index (χ2n) is 4.88. The van der Waals surface area contributed by atoms with Crippen LogP contribution < -0.4 is 5.32 Å². The van der Waals surface area contributed by atoms with E-state index in [0.717, 1.165) is 19.6 Å². The Hall–Kier alpha value is -0.860. The van der Waals surface area contributed by atoms with Crippen LogP contribution in [0, 0.1) is 13.8 Å². The van der Waals surface area contributed by atoms with Gasteiger partial charge in [0.1, 0.15) is 0 Å². The molecule has 2 heteroatoms. The number of hydrogen-bond acceptors (Lipinski definition) is 2. The second kappa shape index (κ2) is 4.98. The molecule has 0 spiro atoms. The van der Waals surface area contributed by atoms with Crippen LogP contribution in [0.3, 0.4) is 0 Å². The molecule has 16 heavy (non-hydrogen) atoms. The first-order chi connectivity index (χ1) is 7.65. The molecular weight excluding hydrogens is 198 g/mol. The zero-order valence-corrected chi connectivity index (χ0v) is 10.4. The fraction of sp³-hybridized carbons (Fsp3) is 0.571. The molecule has 1 aliphatic heterocycles. The van der Waals surface area contributed by atoms with E-state index in [0.29, 0.717) is 6.04 Å². The van der Waals surface area contributed by atoms with E-state index < -0.39 is 0 Å². The summed E-state index contributed by atoms with van der Waals surface area (Å²) in [7, 11) is 0. The molecule has 1 fully saturated rings. The van der Waals surface area contributed by atoms with Gasteiger partial charge in [-0.05, 0) is 32.8 Å². The summed E-state index contributed by atoms with van der Waals surface area (Å²) >= 11 is 0. The zero-order chi connectivity index (χ0) is 11.5. The monoisotopic (exact) mass is 219 g/mol. The quantitative estimate of drug-likeness (QED) is 0.784. The van der Waals surface area contributed by atoms with Crippen LogP contribution in [0.2, 0.25) is 0 Å². The van der Waals surface area contributed by atoms with Gasteiger partial charge in [-0.3, -0.25) is 0 Å². The van der Waals surface area contributed by atoms with Gasteiger partial charge in [0.25, 0.3) is 0 Å². The van der Waals surface area contributed by atoms with Gasteiger partial charge < -0.3 is 10.1 Å². The molecule has 0 bridgehead atoms. The van der Waals surface area contributed by atoms with E-state index in [1.165, 1.54) is 16.7 Å². The smallest absolute Gasteiger partial charge is 0.0949 e. The predicted molar refractivity (Wildman–Crippen MR) is 66.7 cm³/mol. The Balaban J connectivity index is 2.16. The van der Waals surface area contributed by atoms with E-state index in [9.17, 15) is 0 Å².